The molecule has 0 saturated heterocycles. The fraction of sp³-hybridized carbons (Fsp3) is 1.00. The first-order valence-corrected chi connectivity index (χ1v) is 8.52. The van der Waals surface area contributed by atoms with E-state index in [-0.39, 0.29) is 0 Å². The van der Waals surface area contributed by atoms with E-state index in [2.05, 4.69) is 26.1 Å². The van der Waals surface area contributed by atoms with Gasteiger partial charge in [-0.05, 0) is 25.3 Å². The van der Waals surface area contributed by atoms with Crippen LogP contribution in [0.3, 0.4) is 0 Å². The van der Waals surface area contributed by atoms with Gasteiger partial charge >= 0.3 is 0 Å². The first kappa shape index (κ1) is 19.0. The van der Waals surface area contributed by atoms with Crippen molar-refractivity contribution in [3.05, 3.63) is 0 Å². The van der Waals surface area contributed by atoms with Crippen molar-refractivity contribution in [2.24, 2.45) is 0 Å². The van der Waals surface area contributed by atoms with Gasteiger partial charge in [-0.25, -0.2) is 0 Å². The predicted molar refractivity (Wildman–Crippen MR) is 88.4 cm³/mol. The van der Waals surface area contributed by atoms with Crippen LogP contribution in [-0.4, -0.2) is 32.9 Å². The summed E-state index contributed by atoms with van der Waals surface area (Å²) >= 11 is 0. The van der Waals surface area contributed by atoms with Crippen LogP contribution in [0.1, 0.15) is 65.7 Å². The normalized spacial score (nSPS) is 12.6. The molecule has 0 amide bonds. The van der Waals surface area contributed by atoms with E-state index in [0.717, 1.165) is 32.2 Å². The SMILES string of the molecule is CCCCB(CCCC)C(CCC)NCCCOC. The van der Waals surface area contributed by atoms with Gasteiger partial charge in [-0.2, -0.15) is 0 Å². The third-order valence-corrected chi connectivity index (χ3v) is 3.96. The zero-order chi connectivity index (χ0) is 14.3. The lowest BCUT2D eigenvalue weighted by molar-refractivity contribution is 0.194. The average Bonchev–Trinajstić information content (AvgIpc) is 2.43. The van der Waals surface area contributed by atoms with Crippen molar-refractivity contribution in [1.82, 2.24) is 5.32 Å². The van der Waals surface area contributed by atoms with Crippen LogP contribution in [0.2, 0.25) is 12.6 Å². The minimum atomic E-state index is 0.722. The summed E-state index contributed by atoms with van der Waals surface area (Å²) < 4.78 is 5.13. The maximum absolute atomic E-state index is 5.13. The number of rotatable bonds is 14. The number of methoxy groups -OCH3 is 1. The first-order chi connectivity index (χ1) is 9.29. The van der Waals surface area contributed by atoms with Gasteiger partial charge in [-0.3, -0.25) is 0 Å². The zero-order valence-corrected chi connectivity index (χ0v) is 13.8. The van der Waals surface area contributed by atoms with Crippen molar-refractivity contribution in [1.29, 1.82) is 0 Å². The highest BCUT2D eigenvalue weighted by Crippen LogP contribution is 2.16. The third kappa shape index (κ3) is 10.4. The van der Waals surface area contributed by atoms with Gasteiger partial charge in [0.05, 0.1) is 0 Å². The molecule has 0 saturated carbocycles. The molecule has 0 aliphatic carbocycles. The number of hydrogen-bond acceptors (Lipinski definition) is 2. The Morgan fingerprint density at radius 3 is 2.05 bits per heavy atom. The Hall–Kier alpha value is -0.0151. The molecule has 0 heterocycles. The molecular weight excluding hydrogens is 233 g/mol. The van der Waals surface area contributed by atoms with E-state index >= 15 is 0 Å². The van der Waals surface area contributed by atoms with E-state index in [1.54, 1.807) is 7.11 Å². The number of nitrogens with one attached hydrogen (secondary N) is 1. The molecule has 0 radical (unpaired) electrons. The second-order valence-corrected chi connectivity index (χ2v) is 5.74. The topological polar surface area (TPSA) is 21.3 Å². The monoisotopic (exact) mass is 269 g/mol. The van der Waals surface area contributed by atoms with Gasteiger partial charge in [0, 0.05) is 13.7 Å². The highest BCUT2D eigenvalue weighted by molar-refractivity contribution is 6.60. The predicted octanol–water partition coefficient (Wildman–Crippen LogP) is 4.42. The quantitative estimate of drug-likeness (QED) is 0.372. The molecule has 0 spiro atoms. The highest BCUT2D eigenvalue weighted by Gasteiger charge is 2.22. The fourth-order valence-electron chi connectivity index (χ4n) is 2.80. The first-order valence-electron chi connectivity index (χ1n) is 8.52. The molecule has 0 aliphatic heterocycles. The van der Waals surface area contributed by atoms with Crippen LogP contribution in [0, 0.1) is 0 Å². The largest absolute Gasteiger partial charge is 0.385 e. The molecular formula is C16H36BNO. The lowest BCUT2D eigenvalue weighted by Gasteiger charge is -2.26. The van der Waals surface area contributed by atoms with E-state index in [0.29, 0.717) is 0 Å². The van der Waals surface area contributed by atoms with Crippen LogP contribution < -0.4 is 5.32 Å². The van der Waals surface area contributed by atoms with Gasteiger partial charge in [0.25, 0.3) is 0 Å². The average molecular weight is 269 g/mol. The Kier molecular flexibility index (Phi) is 14.4. The zero-order valence-electron chi connectivity index (χ0n) is 13.8. The van der Waals surface area contributed by atoms with Gasteiger partial charge in [-0.15, -0.1) is 0 Å². The molecule has 0 bridgehead atoms. The van der Waals surface area contributed by atoms with Crippen molar-refractivity contribution in [3.8, 4) is 0 Å². The molecule has 3 heteroatoms. The molecule has 2 nitrogen and oxygen atoms in total. The molecule has 1 unspecified atom stereocenters. The summed E-state index contributed by atoms with van der Waals surface area (Å²) in [7, 11) is 1.79. The van der Waals surface area contributed by atoms with Crippen molar-refractivity contribution in [2.75, 3.05) is 20.3 Å². The highest BCUT2D eigenvalue weighted by atomic mass is 16.5. The van der Waals surface area contributed by atoms with Gasteiger partial charge in [0.1, 0.15) is 0 Å². The van der Waals surface area contributed by atoms with Crippen molar-refractivity contribution in [3.63, 3.8) is 0 Å². The second-order valence-electron chi connectivity index (χ2n) is 5.74. The maximum atomic E-state index is 5.13. The standard InChI is InChI=1S/C16H36BNO/c1-5-8-12-17(13-9-6-2)16(11-7-3)18-14-10-15-19-4/h16,18H,5-15H2,1-4H3. The lowest BCUT2D eigenvalue weighted by atomic mass is 9.38. The Morgan fingerprint density at radius 1 is 0.947 bits per heavy atom. The van der Waals surface area contributed by atoms with Gasteiger partial charge in [0.15, 0.2) is 6.71 Å². The number of ether oxygens (including phenoxy) is 1. The molecule has 0 fully saturated rings. The third-order valence-electron chi connectivity index (χ3n) is 3.96. The summed E-state index contributed by atoms with van der Waals surface area (Å²) in [5.41, 5.74) is 0. The van der Waals surface area contributed by atoms with Crippen LogP contribution in [-0.2, 0) is 4.74 Å². The molecule has 1 atom stereocenters. The van der Waals surface area contributed by atoms with E-state index in [1.165, 1.54) is 51.2 Å². The summed E-state index contributed by atoms with van der Waals surface area (Å²) in [4.78, 5) is 0. The van der Waals surface area contributed by atoms with E-state index in [1.807, 2.05) is 0 Å². The van der Waals surface area contributed by atoms with Crippen LogP contribution in [0.25, 0.3) is 0 Å². The van der Waals surface area contributed by atoms with Gasteiger partial charge in [-0.1, -0.05) is 65.5 Å². The van der Waals surface area contributed by atoms with Crippen molar-refractivity contribution < 1.29 is 4.74 Å². The second kappa shape index (κ2) is 14.4. The molecule has 0 aromatic carbocycles. The number of hydrogen-bond donors (Lipinski definition) is 1. The van der Waals surface area contributed by atoms with Crippen LogP contribution >= 0.6 is 0 Å². The molecule has 0 rings (SSSR count). The summed E-state index contributed by atoms with van der Waals surface area (Å²) in [5.74, 6) is 0.722. The Bertz CT molecular complexity index is 170. The Labute approximate surface area is 122 Å². The molecule has 0 aromatic rings. The Balaban J connectivity index is 4.19. The van der Waals surface area contributed by atoms with Crippen molar-refractivity contribution >= 4 is 6.71 Å². The summed E-state index contributed by atoms with van der Waals surface area (Å²) in [6.45, 7) is 9.77. The molecule has 1 N–H and O–H groups in total. The minimum absolute atomic E-state index is 0.722. The molecule has 19 heavy (non-hydrogen) atoms. The lowest BCUT2D eigenvalue weighted by Crippen LogP contribution is -2.43. The summed E-state index contributed by atoms with van der Waals surface area (Å²) in [5, 5.41) is 3.79. The van der Waals surface area contributed by atoms with E-state index < -0.39 is 0 Å². The van der Waals surface area contributed by atoms with E-state index in [4.69, 9.17) is 4.74 Å². The smallest absolute Gasteiger partial charge is 0.160 e. The molecule has 0 aliphatic rings. The maximum Gasteiger partial charge on any atom is 0.160 e. The Morgan fingerprint density at radius 2 is 1.58 bits per heavy atom. The van der Waals surface area contributed by atoms with Crippen LogP contribution in [0.5, 0.6) is 0 Å². The van der Waals surface area contributed by atoms with Crippen molar-refractivity contribution in [2.45, 2.75) is 84.3 Å². The molecule has 0 aromatic heterocycles. The summed E-state index contributed by atoms with van der Waals surface area (Å²) in [6.07, 6.45) is 12.0. The van der Waals surface area contributed by atoms with Gasteiger partial charge < -0.3 is 10.1 Å². The van der Waals surface area contributed by atoms with E-state index in [9.17, 15) is 0 Å². The number of unbranched alkanes of at least 4 members (excludes halogenated alkanes) is 2. The van der Waals surface area contributed by atoms with Crippen LogP contribution in [0.15, 0.2) is 0 Å². The van der Waals surface area contributed by atoms with Gasteiger partial charge in [0.2, 0.25) is 0 Å². The van der Waals surface area contributed by atoms with Crippen LogP contribution in [0.4, 0.5) is 0 Å². The fourth-order valence-corrected chi connectivity index (χ4v) is 2.80. The summed E-state index contributed by atoms with van der Waals surface area (Å²) in [6, 6.07) is 0. The molecule has 114 valence electrons. The minimum Gasteiger partial charge on any atom is -0.385 e.